The van der Waals surface area contributed by atoms with Gasteiger partial charge in [-0.3, -0.25) is 4.79 Å². The maximum atomic E-state index is 11.5. The third-order valence-corrected chi connectivity index (χ3v) is 3.02. The van der Waals surface area contributed by atoms with E-state index in [1.807, 2.05) is 18.2 Å². The number of rotatable bonds is 0. The molecule has 0 bridgehead atoms. The van der Waals surface area contributed by atoms with E-state index in [0.29, 0.717) is 5.52 Å². The van der Waals surface area contributed by atoms with Crippen molar-refractivity contribution in [3.8, 4) is 0 Å². The Bertz CT molecular complexity index is 713. The molecule has 2 heterocycles. The number of hydrogen-bond acceptors (Lipinski definition) is 2. The van der Waals surface area contributed by atoms with Crippen molar-refractivity contribution in [1.82, 2.24) is 15.0 Å². The van der Waals surface area contributed by atoms with Gasteiger partial charge in [0, 0.05) is 14.5 Å². The van der Waals surface area contributed by atoms with Crippen LogP contribution in [0.25, 0.3) is 21.9 Å². The average Bonchev–Trinajstić information content (AvgIpc) is 2.58. The first kappa shape index (κ1) is 8.90. The van der Waals surface area contributed by atoms with Gasteiger partial charge in [-0.15, -0.1) is 0 Å². The van der Waals surface area contributed by atoms with Crippen molar-refractivity contribution in [3.63, 3.8) is 0 Å². The SMILES string of the molecule is O=c1[nH]cnc2c1[nH]c1ccc(I)cc12. The zero-order valence-corrected chi connectivity index (χ0v) is 9.70. The fourth-order valence-corrected chi connectivity index (χ4v) is 2.17. The van der Waals surface area contributed by atoms with Crippen molar-refractivity contribution < 1.29 is 0 Å². The Morgan fingerprint density at radius 3 is 3.07 bits per heavy atom. The van der Waals surface area contributed by atoms with Gasteiger partial charge in [-0.25, -0.2) is 4.98 Å². The minimum Gasteiger partial charge on any atom is -0.349 e. The summed E-state index contributed by atoms with van der Waals surface area (Å²) in [7, 11) is 0. The molecule has 1 aromatic carbocycles. The molecule has 0 aliphatic carbocycles. The monoisotopic (exact) mass is 311 g/mol. The van der Waals surface area contributed by atoms with E-state index >= 15 is 0 Å². The standard InChI is InChI=1S/C10H6IN3O/c11-5-1-2-7-6(3-5)8-9(14-7)10(15)13-4-12-8/h1-4,14H,(H,12,13,15). The number of fused-ring (bicyclic) bond motifs is 3. The predicted octanol–water partition coefficient (Wildman–Crippen LogP) is 2.01. The van der Waals surface area contributed by atoms with Gasteiger partial charge in [-0.1, -0.05) is 0 Å². The second-order valence-corrected chi connectivity index (χ2v) is 4.52. The van der Waals surface area contributed by atoms with Crippen LogP contribution in [0.1, 0.15) is 0 Å². The molecule has 3 aromatic rings. The second kappa shape index (κ2) is 3.06. The van der Waals surface area contributed by atoms with Gasteiger partial charge in [0.25, 0.3) is 5.56 Å². The van der Waals surface area contributed by atoms with E-state index in [1.165, 1.54) is 6.33 Å². The number of halogens is 1. The molecule has 0 unspecified atom stereocenters. The number of nitrogens with one attached hydrogen (secondary N) is 2. The van der Waals surface area contributed by atoms with Crippen molar-refractivity contribution in [3.05, 3.63) is 38.5 Å². The molecule has 0 atom stereocenters. The molecular weight excluding hydrogens is 305 g/mol. The van der Waals surface area contributed by atoms with Crippen LogP contribution in [-0.2, 0) is 0 Å². The van der Waals surface area contributed by atoms with Gasteiger partial charge in [0.05, 0.1) is 6.33 Å². The molecule has 2 N–H and O–H groups in total. The molecule has 0 fully saturated rings. The zero-order valence-electron chi connectivity index (χ0n) is 7.54. The lowest BCUT2D eigenvalue weighted by Crippen LogP contribution is -2.05. The van der Waals surface area contributed by atoms with Gasteiger partial charge >= 0.3 is 0 Å². The number of H-pyrrole nitrogens is 2. The van der Waals surface area contributed by atoms with Crippen LogP contribution in [0.5, 0.6) is 0 Å². The molecule has 0 saturated carbocycles. The topological polar surface area (TPSA) is 61.5 Å². The summed E-state index contributed by atoms with van der Waals surface area (Å²) in [6.45, 7) is 0. The van der Waals surface area contributed by atoms with Crippen molar-refractivity contribution in [1.29, 1.82) is 0 Å². The van der Waals surface area contributed by atoms with Crippen LogP contribution in [-0.4, -0.2) is 15.0 Å². The van der Waals surface area contributed by atoms with Crippen molar-refractivity contribution in [2.75, 3.05) is 0 Å². The van der Waals surface area contributed by atoms with Crippen molar-refractivity contribution >= 4 is 44.5 Å². The van der Waals surface area contributed by atoms with E-state index in [2.05, 4.69) is 37.5 Å². The minimum absolute atomic E-state index is 0.133. The van der Waals surface area contributed by atoms with Crippen LogP contribution < -0.4 is 5.56 Å². The van der Waals surface area contributed by atoms with Crippen molar-refractivity contribution in [2.24, 2.45) is 0 Å². The Kier molecular flexibility index (Phi) is 1.82. The highest BCUT2D eigenvalue weighted by atomic mass is 127. The van der Waals surface area contributed by atoms with Gasteiger partial charge < -0.3 is 9.97 Å². The highest BCUT2D eigenvalue weighted by molar-refractivity contribution is 14.1. The molecule has 15 heavy (non-hydrogen) atoms. The summed E-state index contributed by atoms with van der Waals surface area (Å²) in [4.78, 5) is 21.3. The summed E-state index contributed by atoms with van der Waals surface area (Å²) in [5.74, 6) is 0. The Labute approximate surface area is 97.9 Å². The molecule has 0 radical (unpaired) electrons. The number of aromatic nitrogens is 3. The molecule has 5 heteroatoms. The molecule has 0 saturated heterocycles. The maximum Gasteiger partial charge on any atom is 0.275 e. The molecule has 4 nitrogen and oxygen atoms in total. The highest BCUT2D eigenvalue weighted by Gasteiger charge is 2.07. The van der Waals surface area contributed by atoms with Gasteiger partial charge in [-0.2, -0.15) is 0 Å². The molecule has 2 aromatic heterocycles. The third-order valence-electron chi connectivity index (χ3n) is 2.35. The van der Waals surface area contributed by atoms with Crippen LogP contribution in [0, 0.1) is 3.57 Å². The molecular formula is C10H6IN3O. The van der Waals surface area contributed by atoms with E-state index in [0.717, 1.165) is 20.0 Å². The lowest BCUT2D eigenvalue weighted by Gasteiger charge is -1.90. The number of aromatic amines is 2. The summed E-state index contributed by atoms with van der Waals surface area (Å²) >= 11 is 2.24. The Morgan fingerprint density at radius 2 is 2.20 bits per heavy atom. The normalized spacial score (nSPS) is 11.3. The fraction of sp³-hybridized carbons (Fsp3) is 0. The summed E-state index contributed by atoms with van der Waals surface area (Å²) in [6.07, 6.45) is 1.43. The Balaban J connectivity index is 2.64. The largest absolute Gasteiger partial charge is 0.349 e. The van der Waals surface area contributed by atoms with E-state index in [4.69, 9.17) is 0 Å². The number of hydrogen-bond donors (Lipinski definition) is 2. The van der Waals surface area contributed by atoms with E-state index in [9.17, 15) is 4.79 Å². The lowest BCUT2D eigenvalue weighted by atomic mass is 10.2. The smallest absolute Gasteiger partial charge is 0.275 e. The Hall–Kier alpha value is -1.37. The average molecular weight is 311 g/mol. The maximum absolute atomic E-state index is 11.5. The Morgan fingerprint density at radius 1 is 1.33 bits per heavy atom. The molecule has 0 amide bonds. The molecule has 0 spiro atoms. The van der Waals surface area contributed by atoms with E-state index < -0.39 is 0 Å². The zero-order chi connectivity index (χ0) is 10.4. The lowest BCUT2D eigenvalue weighted by molar-refractivity contribution is 1.17. The van der Waals surface area contributed by atoms with E-state index in [1.54, 1.807) is 0 Å². The van der Waals surface area contributed by atoms with Gasteiger partial charge in [0.2, 0.25) is 0 Å². The fourth-order valence-electron chi connectivity index (χ4n) is 1.68. The number of benzene rings is 1. The molecule has 0 aliphatic rings. The summed E-state index contributed by atoms with van der Waals surface area (Å²) in [5.41, 5.74) is 2.07. The van der Waals surface area contributed by atoms with E-state index in [-0.39, 0.29) is 5.56 Å². The summed E-state index contributed by atoms with van der Waals surface area (Å²) < 4.78 is 1.13. The van der Waals surface area contributed by atoms with Crippen LogP contribution in [0.15, 0.2) is 29.3 Å². The predicted molar refractivity (Wildman–Crippen MR) is 66.9 cm³/mol. The van der Waals surface area contributed by atoms with Crippen LogP contribution in [0.2, 0.25) is 0 Å². The quantitative estimate of drug-likeness (QED) is 0.624. The van der Waals surface area contributed by atoms with Gasteiger partial charge in [-0.05, 0) is 40.8 Å². The highest BCUT2D eigenvalue weighted by Crippen LogP contribution is 2.22. The first-order valence-corrected chi connectivity index (χ1v) is 5.48. The molecule has 0 aliphatic heterocycles. The van der Waals surface area contributed by atoms with Gasteiger partial charge in [0.15, 0.2) is 0 Å². The summed E-state index contributed by atoms with van der Waals surface area (Å²) in [5, 5.41) is 0.989. The minimum atomic E-state index is -0.133. The number of nitrogens with zero attached hydrogens (tertiary/aromatic N) is 1. The third kappa shape index (κ3) is 1.26. The first-order chi connectivity index (χ1) is 7.25. The first-order valence-electron chi connectivity index (χ1n) is 4.40. The van der Waals surface area contributed by atoms with Crippen LogP contribution >= 0.6 is 22.6 Å². The second-order valence-electron chi connectivity index (χ2n) is 3.27. The van der Waals surface area contributed by atoms with Crippen molar-refractivity contribution in [2.45, 2.75) is 0 Å². The summed E-state index contributed by atoms with van der Waals surface area (Å²) in [6, 6.07) is 5.96. The molecule has 3 rings (SSSR count). The van der Waals surface area contributed by atoms with Gasteiger partial charge in [0.1, 0.15) is 11.0 Å². The van der Waals surface area contributed by atoms with Crippen LogP contribution in [0.4, 0.5) is 0 Å². The molecule has 74 valence electrons. The van der Waals surface area contributed by atoms with Crippen LogP contribution in [0.3, 0.4) is 0 Å².